The standard InChI is InChI=1S/C24H28N2O3/c1-3-24(4-2)16-20(19-11-5-6-12-21(19)29-24)25-23(28)17-9-7-10-18(15-17)26-14-8-13-22(26)27/h5-7,9-12,15,20H,3-4,8,13-14,16H2,1-2H3,(H,25,28)/t20-/m0/s1. The van der Waals surface area contributed by atoms with E-state index in [1.807, 2.05) is 42.5 Å². The maximum atomic E-state index is 13.1. The number of carbonyl (C=O) groups excluding carboxylic acids is 2. The lowest BCUT2D eigenvalue weighted by Gasteiger charge is -2.41. The first-order valence-corrected chi connectivity index (χ1v) is 10.5. The van der Waals surface area contributed by atoms with Crippen molar-refractivity contribution in [3.05, 3.63) is 59.7 Å². The van der Waals surface area contributed by atoms with Gasteiger partial charge in [0, 0.05) is 36.2 Å². The fourth-order valence-corrected chi connectivity index (χ4v) is 4.41. The molecule has 2 aliphatic rings. The zero-order valence-corrected chi connectivity index (χ0v) is 17.1. The van der Waals surface area contributed by atoms with Gasteiger partial charge < -0.3 is 15.0 Å². The van der Waals surface area contributed by atoms with E-state index in [0.29, 0.717) is 18.5 Å². The van der Waals surface area contributed by atoms with E-state index in [0.717, 1.165) is 42.7 Å². The van der Waals surface area contributed by atoms with Crippen LogP contribution in [0.15, 0.2) is 48.5 Å². The predicted octanol–water partition coefficient (Wildman–Crippen LogP) is 4.63. The molecule has 1 atom stereocenters. The van der Waals surface area contributed by atoms with Crippen LogP contribution in [-0.4, -0.2) is 24.0 Å². The number of anilines is 1. The van der Waals surface area contributed by atoms with Gasteiger partial charge in [0.25, 0.3) is 5.91 Å². The Morgan fingerprint density at radius 1 is 1.17 bits per heavy atom. The van der Waals surface area contributed by atoms with Gasteiger partial charge in [-0.2, -0.15) is 0 Å². The van der Waals surface area contributed by atoms with E-state index < -0.39 is 0 Å². The lowest BCUT2D eigenvalue weighted by atomic mass is 9.83. The Bertz CT molecular complexity index is 920. The molecule has 0 radical (unpaired) electrons. The third-order valence-corrected chi connectivity index (χ3v) is 6.28. The number of amides is 2. The van der Waals surface area contributed by atoms with Crippen LogP contribution in [-0.2, 0) is 4.79 Å². The average Bonchev–Trinajstić information content (AvgIpc) is 3.19. The molecule has 4 rings (SSSR count). The normalized spacial score (nSPS) is 20.1. The van der Waals surface area contributed by atoms with Gasteiger partial charge in [-0.05, 0) is 43.5 Å². The number of nitrogens with one attached hydrogen (secondary N) is 1. The molecular formula is C24H28N2O3. The van der Waals surface area contributed by atoms with Crippen LogP contribution >= 0.6 is 0 Å². The first-order chi connectivity index (χ1) is 14.0. The van der Waals surface area contributed by atoms with Crippen LogP contribution in [0.2, 0.25) is 0 Å². The molecule has 0 unspecified atom stereocenters. The quantitative estimate of drug-likeness (QED) is 0.807. The number of rotatable bonds is 5. The van der Waals surface area contributed by atoms with E-state index in [4.69, 9.17) is 4.74 Å². The van der Waals surface area contributed by atoms with Crippen molar-refractivity contribution in [2.75, 3.05) is 11.4 Å². The van der Waals surface area contributed by atoms with Crippen molar-refractivity contribution < 1.29 is 14.3 Å². The van der Waals surface area contributed by atoms with Crippen LogP contribution in [0.4, 0.5) is 5.69 Å². The maximum absolute atomic E-state index is 13.1. The van der Waals surface area contributed by atoms with Crippen molar-refractivity contribution in [2.24, 2.45) is 0 Å². The van der Waals surface area contributed by atoms with Crippen LogP contribution in [0.5, 0.6) is 5.75 Å². The third kappa shape index (κ3) is 3.74. The molecule has 2 aromatic carbocycles. The van der Waals surface area contributed by atoms with Crippen molar-refractivity contribution in [1.82, 2.24) is 5.32 Å². The first-order valence-electron chi connectivity index (χ1n) is 10.5. The van der Waals surface area contributed by atoms with E-state index in [1.54, 1.807) is 11.0 Å². The second-order valence-electron chi connectivity index (χ2n) is 7.96. The Hall–Kier alpha value is -2.82. The summed E-state index contributed by atoms with van der Waals surface area (Å²) in [6, 6.07) is 15.2. The van der Waals surface area contributed by atoms with Gasteiger partial charge in [0.15, 0.2) is 0 Å². The summed E-state index contributed by atoms with van der Waals surface area (Å²) in [6.45, 7) is 4.98. The summed E-state index contributed by atoms with van der Waals surface area (Å²) in [6.07, 6.45) is 3.95. The van der Waals surface area contributed by atoms with Crippen LogP contribution < -0.4 is 15.0 Å². The van der Waals surface area contributed by atoms with Gasteiger partial charge in [-0.1, -0.05) is 38.1 Å². The number of para-hydroxylation sites is 1. The Morgan fingerprint density at radius 3 is 2.69 bits per heavy atom. The largest absolute Gasteiger partial charge is 0.487 e. The van der Waals surface area contributed by atoms with Gasteiger partial charge in [-0.15, -0.1) is 0 Å². The van der Waals surface area contributed by atoms with Gasteiger partial charge >= 0.3 is 0 Å². The zero-order valence-electron chi connectivity index (χ0n) is 17.1. The molecule has 2 aromatic rings. The summed E-state index contributed by atoms with van der Waals surface area (Å²) in [4.78, 5) is 26.9. The highest BCUT2D eigenvalue weighted by molar-refractivity contribution is 5.99. The lowest BCUT2D eigenvalue weighted by molar-refractivity contribution is -0.117. The molecule has 0 saturated carbocycles. The molecular weight excluding hydrogens is 364 g/mol. The minimum absolute atomic E-state index is 0.107. The second kappa shape index (κ2) is 7.90. The van der Waals surface area contributed by atoms with Gasteiger partial charge in [0.1, 0.15) is 11.4 Å². The van der Waals surface area contributed by atoms with Gasteiger partial charge in [0.05, 0.1) is 6.04 Å². The van der Waals surface area contributed by atoms with Gasteiger partial charge in [0.2, 0.25) is 5.91 Å². The number of fused-ring (bicyclic) bond motifs is 1. The molecule has 0 aromatic heterocycles. The number of ether oxygens (including phenoxy) is 1. The van der Waals surface area contributed by atoms with E-state index in [-0.39, 0.29) is 23.5 Å². The van der Waals surface area contributed by atoms with Gasteiger partial charge in [-0.3, -0.25) is 9.59 Å². The number of benzene rings is 2. The van der Waals surface area contributed by atoms with Crippen molar-refractivity contribution in [3.63, 3.8) is 0 Å². The number of hydrogen-bond donors (Lipinski definition) is 1. The molecule has 2 amide bonds. The number of carbonyl (C=O) groups is 2. The first kappa shape index (κ1) is 19.5. The van der Waals surface area contributed by atoms with E-state index in [9.17, 15) is 9.59 Å². The molecule has 1 fully saturated rings. The highest BCUT2D eigenvalue weighted by Crippen LogP contribution is 2.42. The van der Waals surface area contributed by atoms with Crippen LogP contribution in [0, 0.1) is 0 Å². The van der Waals surface area contributed by atoms with Gasteiger partial charge in [-0.25, -0.2) is 0 Å². The Balaban J connectivity index is 1.58. The summed E-state index contributed by atoms with van der Waals surface area (Å²) in [5.74, 6) is 0.849. The maximum Gasteiger partial charge on any atom is 0.251 e. The minimum atomic E-state index is -0.268. The molecule has 2 heterocycles. The average molecular weight is 392 g/mol. The van der Waals surface area contributed by atoms with Crippen molar-refractivity contribution in [3.8, 4) is 5.75 Å². The number of hydrogen-bond acceptors (Lipinski definition) is 3. The number of nitrogens with zero attached hydrogens (tertiary/aromatic N) is 1. The summed E-state index contributed by atoms with van der Waals surface area (Å²) in [5.41, 5.74) is 2.12. The smallest absolute Gasteiger partial charge is 0.251 e. The molecule has 29 heavy (non-hydrogen) atoms. The molecule has 1 saturated heterocycles. The second-order valence-corrected chi connectivity index (χ2v) is 7.96. The molecule has 0 aliphatic carbocycles. The molecule has 2 aliphatic heterocycles. The SMILES string of the molecule is CCC1(CC)C[C@H](NC(=O)c2cccc(N3CCCC3=O)c2)c2ccccc2O1. The molecule has 0 bridgehead atoms. The van der Waals surface area contributed by atoms with E-state index >= 15 is 0 Å². The third-order valence-electron chi connectivity index (χ3n) is 6.28. The molecule has 5 heteroatoms. The summed E-state index contributed by atoms with van der Waals surface area (Å²) in [7, 11) is 0. The molecule has 5 nitrogen and oxygen atoms in total. The fourth-order valence-electron chi connectivity index (χ4n) is 4.41. The highest BCUT2D eigenvalue weighted by atomic mass is 16.5. The lowest BCUT2D eigenvalue weighted by Crippen LogP contribution is -2.44. The van der Waals surface area contributed by atoms with E-state index in [2.05, 4.69) is 19.2 Å². The molecule has 0 spiro atoms. The summed E-state index contributed by atoms with van der Waals surface area (Å²) < 4.78 is 6.34. The Morgan fingerprint density at radius 2 is 1.97 bits per heavy atom. The molecule has 1 N–H and O–H groups in total. The zero-order chi connectivity index (χ0) is 20.4. The minimum Gasteiger partial charge on any atom is -0.487 e. The highest BCUT2D eigenvalue weighted by Gasteiger charge is 2.39. The van der Waals surface area contributed by atoms with Crippen molar-refractivity contribution in [2.45, 2.75) is 57.6 Å². The van der Waals surface area contributed by atoms with Crippen molar-refractivity contribution >= 4 is 17.5 Å². The Kier molecular flexibility index (Phi) is 5.31. The molecule has 152 valence electrons. The van der Waals surface area contributed by atoms with Crippen LogP contribution in [0.3, 0.4) is 0 Å². The monoisotopic (exact) mass is 392 g/mol. The Labute approximate surface area is 172 Å². The van der Waals surface area contributed by atoms with E-state index in [1.165, 1.54) is 0 Å². The van der Waals surface area contributed by atoms with Crippen LogP contribution in [0.25, 0.3) is 0 Å². The van der Waals surface area contributed by atoms with Crippen LogP contribution in [0.1, 0.15) is 67.9 Å². The summed E-state index contributed by atoms with van der Waals surface area (Å²) in [5, 5.41) is 3.22. The fraction of sp³-hybridized carbons (Fsp3) is 0.417. The topological polar surface area (TPSA) is 58.6 Å². The summed E-state index contributed by atoms with van der Waals surface area (Å²) >= 11 is 0. The van der Waals surface area contributed by atoms with Crippen molar-refractivity contribution in [1.29, 1.82) is 0 Å². The predicted molar refractivity (Wildman–Crippen MR) is 113 cm³/mol.